The lowest BCUT2D eigenvalue weighted by Crippen LogP contribution is -2.04. The summed E-state index contributed by atoms with van der Waals surface area (Å²) in [6, 6.07) is 58.5. The molecule has 0 saturated carbocycles. The van der Waals surface area contributed by atoms with Gasteiger partial charge < -0.3 is 4.57 Å². The van der Waals surface area contributed by atoms with Gasteiger partial charge in [-0.25, -0.2) is 15.0 Å². The molecule has 0 bridgehead atoms. The molecule has 5 heteroatoms. The van der Waals surface area contributed by atoms with E-state index in [0.717, 1.165) is 50.2 Å². The van der Waals surface area contributed by atoms with Crippen molar-refractivity contribution in [3.8, 4) is 62.2 Å². The highest BCUT2D eigenvalue weighted by Crippen LogP contribution is 2.39. The first-order chi connectivity index (χ1) is 24.3. The molecule has 0 spiro atoms. The Morgan fingerprint density at radius 1 is 0.367 bits per heavy atom. The molecule has 3 aromatic heterocycles. The van der Waals surface area contributed by atoms with Gasteiger partial charge in [0.05, 0.1) is 22.4 Å². The van der Waals surface area contributed by atoms with Crippen molar-refractivity contribution in [3.05, 3.63) is 176 Å². The largest absolute Gasteiger partial charge is 0.308 e. The number of hydrogen-bond acceptors (Lipinski definition) is 4. The molecular weight excluding hydrogens is 599 g/mol. The summed E-state index contributed by atoms with van der Waals surface area (Å²) >= 11 is 0. The topological polar surface area (TPSA) is 56.5 Å². The van der Waals surface area contributed by atoms with E-state index in [1.807, 2.05) is 85.1 Å². The van der Waals surface area contributed by atoms with Crippen molar-refractivity contribution in [1.82, 2.24) is 24.5 Å². The molecular formula is C44H29N5. The normalized spacial score (nSPS) is 11.3. The molecule has 0 saturated heterocycles. The molecule has 6 aromatic carbocycles. The van der Waals surface area contributed by atoms with E-state index < -0.39 is 0 Å². The van der Waals surface area contributed by atoms with Gasteiger partial charge in [0.1, 0.15) is 0 Å². The number of hydrogen-bond donors (Lipinski definition) is 0. The van der Waals surface area contributed by atoms with Crippen LogP contribution in [0.4, 0.5) is 0 Å². The minimum atomic E-state index is 0.598. The molecule has 0 N–H and O–H groups in total. The Hall–Kier alpha value is -6.72. The lowest BCUT2D eigenvalue weighted by atomic mass is 10.0. The summed E-state index contributed by atoms with van der Waals surface area (Å²) in [7, 11) is 0. The average molecular weight is 628 g/mol. The van der Waals surface area contributed by atoms with Crippen molar-refractivity contribution >= 4 is 21.8 Å². The van der Waals surface area contributed by atoms with Crippen molar-refractivity contribution in [1.29, 1.82) is 0 Å². The van der Waals surface area contributed by atoms with Crippen LogP contribution in [0.25, 0.3) is 84.0 Å². The Morgan fingerprint density at radius 3 is 1.61 bits per heavy atom. The summed E-state index contributed by atoms with van der Waals surface area (Å²) < 4.78 is 2.35. The van der Waals surface area contributed by atoms with Crippen LogP contribution in [0.2, 0.25) is 0 Å². The van der Waals surface area contributed by atoms with Gasteiger partial charge in [0.25, 0.3) is 0 Å². The van der Waals surface area contributed by atoms with Crippen molar-refractivity contribution in [2.45, 2.75) is 0 Å². The molecule has 0 amide bonds. The van der Waals surface area contributed by atoms with Crippen LogP contribution in [-0.2, 0) is 0 Å². The fraction of sp³-hybridized carbons (Fsp3) is 0. The smallest absolute Gasteiger partial charge is 0.166 e. The fourth-order valence-electron chi connectivity index (χ4n) is 6.57. The van der Waals surface area contributed by atoms with Gasteiger partial charge in [-0.1, -0.05) is 133 Å². The Balaban J connectivity index is 1.36. The summed E-state index contributed by atoms with van der Waals surface area (Å²) in [5.74, 6) is 1.84. The van der Waals surface area contributed by atoms with Crippen molar-refractivity contribution in [3.63, 3.8) is 0 Å². The predicted molar refractivity (Wildman–Crippen MR) is 199 cm³/mol. The maximum absolute atomic E-state index is 5.15. The number of fused-ring (bicyclic) bond motifs is 3. The number of benzene rings is 6. The van der Waals surface area contributed by atoms with E-state index in [4.69, 9.17) is 19.9 Å². The first-order valence-electron chi connectivity index (χ1n) is 16.3. The Kier molecular flexibility index (Phi) is 7.06. The van der Waals surface area contributed by atoms with Crippen LogP contribution < -0.4 is 0 Å². The van der Waals surface area contributed by atoms with E-state index in [1.54, 1.807) is 0 Å². The second-order valence-corrected chi connectivity index (χ2v) is 11.9. The maximum atomic E-state index is 5.15. The van der Waals surface area contributed by atoms with Crippen LogP contribution >= 0.6 is 0 Å². The van der Waals surface area contributed by atoms with Crippen LogP contribution in [0, 0.1) is 0 Å². The molecule has 5 nitrogen and oxygen atoms in total. The molecule has 49 heavy (non-hydrogen) atoms. The molecule has 3 heterocycles. The summed E-state index contributed by atoms with van der Waals surface area (Å²) in [6.07, 6.45) is 1.83. The molecule has 9 aromatic rings. The quantitative estimate of drug-likeness (QED) is 0.184. The molecule has 0 atom stereocenters. The zero-order valence-electron chi connectivity index (χ0n) is 26.5. The highest BCUT2D eigenvalue weighted by Gasteiger charge is 2.21. The minimum absolute atomic E-state index is 0.598. The van der Waals surface area contributed by atoms with Gasteiger partial charge in [-0.05, 0) is 47.5 Å². The third-order valence-corrected chi connectivity index (χ3v) is 8.92. The molecule has 0 aliphatic heterocycles. The Morgan fingerprint density at radius 2 is 0.939 bits per heavy atom. The van der Waals surface area contributed by atoms with Gasteiger partial charge in [-0.3, -0.25) is 4.98 Å². The second kappa shape index (κ2) is 12.1. The number of pyridine rings is 1. The number of aromatic nitrogens is 5. The van der Waals surface area contributed by atoms with Gasteiger partial charge in [0.2, 0.25) is 0 Å². The monoisotopic (exact) mass is 627 g/mol. The third-order valence-electron chi connectivity index (χ3n) is 8.92. The van der Waals surface area contributed by atoms with E-state index >= 15 is 0 Å². The number of rotatable bonds is 6. The molecule has 230 valence electrons. The highest BCUT2D eigenvalue weighted by atomic mass is 15.1. The maximum Gasteiger partial charge on any atom is 0.166 e. The number of para-hydroxylation sites is 1. The second-order valence-electron chi connectivity index (χ2n) is 11.9. The molecule has 9 rings (SSSR count). The molecule has 0 radical (unpaired) electrons. The predicted octanol–water partition coefficient (Wildman–Crippen LogP) is 10.7. The summed E-state index contributed by atoms with van der Waals surface area (Å²) in [5.41, 5.74) is 10.1. The van der Waals surface area contributed by atoms with Crippen LogP contribution in [0.3, 0.4) is 0 Å². The first kappa shape index (κ1) is 28.5. The van der Waals surface area contributed by atoms with E-state index in [-0.39, 0.29) is 0 Å². The van der Waals surface area contributed by atoms with Gasteiger partial charge in [0, 0.05) is 39.2 Å². The Bertz CT molecular complexity index is 2520. The van der Waals surface area contributed by atoms with Gasteiger partial charge in [-0.15, -0.1) is 0 Å². The lowest BCUT2D eigenvalue weighted by Gasteiger charge is -2.16. The van der Waals surface area contributed by atoms with Gasteiger partial charge >= 0.3 is 0 Å². The minimum Gasteiger partial charge on any atom is -0.308 e. The lowest BCUT2D eigenvalue weighted by molar-refractivity contribution is 1.06. The van der Waals surface area contributed by atoms with Gasteiger partial charge in [-0.2, -0.15) is 0 Å². The zero-order valence-corrected chi connectivity index (χ0v) is 26.5. The van der Waals surface area contributed by atoms with E-state index in [9.17, 15) is 0 Å². The molecule has 0 fully saturated rings. The Labute approximate surface area is 283 Å². The van der Waals surface area contributed by atoms with Crippen molar-refractivity contribution in [2.75, 3.05) is 0 Å². The third kappa shape index (κ3) is 5.24. The van der Waals surface area contributed by atoms with Crippen LogP contribution in [0.1, 0.15) is 0 Å². The molecule has 0 aliphatic rings. The van der Waals surface area contributed by atoms with E-state index in [2.05, 4.69) is 95.6 Å². The molecule has 0 unspecified atom stereocenters. The van der Waals surface area contributed by atoms with Crippen molar-refractivity contribution in [2.24, 2.45) is 0 Å². The standard InChI is InChI=1S/C44H29N5/c1-4-14-30(15-5-1)33-23-25-36-35-20-10-11-22-39(35)49(40(36)28-33)41-29-34(38-21-12-13-27-45-38)24-26-37(41)44-47-42(31-16-6-2-7-17-31)46-43(48-44)32-18-8-3-9-19-32/h1-29H. The zero-order chi connectivity index (χ0) is 32.6. The average Bonchev–Trinajstić information content (AvgIpc) is 3.52. The SMILES string of the molecule is c1ccc(-c2ccc3c4ccccc4n(-c4cc(-c5ccccn5)ccc4-c4nc(-c5ccccc5)nc(-c5ccccc5)n4)c3c2)cc1. The molecule has 0 aliphatic carbocycles. The van der Waals surface area contributed by atoms with Crippen LogP contribution in [0.15, 0.2) is 176 Å². The summed E-state index contributed by atoms with van der Waals surface area (Å²) in [5, 5.41) is 2.35. The highest BCUT2D eigenvalue weighted by molar-refractivity contribution is 6.10. The number of nitrogens with zero attached hydrogens (tertiary/aromatic N) is 5. The van der Waals surface area contributed by atoms with Crippen molar-refractivity contribution < 1.29 is 0 Å². The van der Waals surface area contributed by atoms with E-state index in [1.165, 1.54) is 16.3 Å². The van der Waals surface area contributed by atoms with E-state index in [0.29, 0.717) is 17.5 Å². The van der Waals surface area contributed by atoms with Crippen LogP contribution in [-0.4, -0.2) is 24.5 Å². The van der Waals surface area contributed by atoms with Gasteiger partial charge in [0.15, 0.2) is 17.5 Å². The first-order valence-corrected chi connectivity index (χ1v) is 16.3. The summed E-state index contributed by atoms with van der Waals surface area (Å²) in [6.45, 7) is 0. The van der Waals surface area contributed by atoms with Crippen LogP contribution in [0.5, 0.6) is 0 Å². The summed E-state index contributed by atoms with van der Waals surface area (Å²) in [4.78, 5) is 20.0. The fourth-order valence-corrected chi connectivity index (χ4v) is 6.57.